The fraction of sp³-hybridized carbons (Fsp3) is 0.500. The lowest BCUT2D eigenvalue weighted by molar-refractivity contribution is -0.121. The summed E-state index contributed by atoms with van der Waals surface area (Å²) in [6.45, 7) is 2.31. The van der Waals surface area contributed by atoms with E-state index in [9.17, 15) is 13.2 Å². The van der Waals surface area contributed by atoms with Crippen molar-refractivity contribution in [1.29, 1.82) is 0 Å². The molecule has 5 heteroatoms. The van der Waals surface area contributed by atoms with E-state index in [-0.39, 0.29) is 11.8 Å². The van der Waals surface area contributed by atoms with Crippen LogP contribution in [-0.2, 0) is 14.8 Å². The molecule has 1 unspecified atom stereocenters. The summed E-state index contributed by atoms with van der Waals surface area (Å²) >= 11 is 0. The zero-order valence-electron chi connectivity index (χ0n) is 11.1. The van der Waals surface area contributed by atoms with Crippen molar-refractivity contribution in [1.82, 2.24) is 4.31 Å². The summed E-state index contributed by atoms with van der Waals surface area (Å²) in [7, 11) is -3.48. The molecule has 0 aromatic heterocycles. The van der Waals surface area contributed by atoms with E-state index in [0.717, 1.165) is 12.8 Å². The van der Waals surface area contributed by atoms with Crippen molar-refractivity contribution < 1.29 is 13.2 Å². The number of ketones is 1. The van der Waals surface area contributed by atoms with Crippen LogP contribution in [0.2, 0.25) is 0 Å². The Labute approximate surface area is 114 Å². The quantitative estimate of drug-likeness (QED) is 0.850. The topological polar surface area (TPSA) is 54.5 Å². The van der Waals surface area contributed by atoms with Crippen LogP contribution in [0.25, 0.3) is 0 Å². The maximum Gasteiger partial charge on any atom is 0.243 e. The van der Waals surface area contributed by atoms with Crippen molar-refractivity contribution >= 4 is 15.8 Å². The molecule has 0 N–H and O–H groups in total. The van der Waals surface area contributed by atoms with Crippen molar-refractivity contribution in [3.8, 4) is 0 Å². The number of Topliss-reactive ketones (excluding diaryl/α,β-unsaturated/α-hetero) is 1. The molecule has 0 saturated carbocycles. The summed E-state index contributed by atoms with van der Waals surface area (Å²) in [5, 5.41) is 0. The maximum absolute atomic E-state index is 12.6. The molecule has 1 fully saturated rings. The Morgan fingerprint density at radius 3 is 2.58 bits per heavy atom. The molecule has 1 aromatic rings. The molecule has 0 aliphatic carbocycles. The molecule has 1 aliphatic rings. The van der Waals surface area contributed by atoms with Crippen LogP contribution in [0.15, 0.2) is 35.2 Å². The summed E-state index contributed by atoms with van der Waals surface area (Å²) in [6.07, 6.45) is 2.28. The van der Waals surface area contributed by atoms with Gasteiger partial charge >= 0.3 is 0 Å². The SMILES string of the molecule is CCCC1CC(=O)CCN1S(=O)(=O)c1ccccc1. The lowest BCUT2D eigenvalue weighted by Gasteiger charge is -2.33. The molecule has 4 nitrogen and oxygen atoms in total. The van der Waals surface area contributed by atoms with Crippen LogP contribution in [0.1, 0.15) is 32.6 Å². The van der Waals surface area contributed by atoms with E-state index in [1.54, 1.807) is 30.3 Å². The Morgan fingerprint density at radius 1 is 1.26 bits per heavy atom. The number of nitrogens with zero attached hydrogens (tertiary/aromatic N) is 1. The third-order valence-electron chi connectivity index (χ3n) is 3.45. The zero-order valence-corrected chi connectivity index (χ0v) is 11.9. The Hall–Kier alpha value is -1.20. The molecule has 1 saturated heterocycles. The highest BCUT2D eigenvalue weighted by Crippen LogP contribution is 2.26. The third-order valence-corrected chi connectivity index (χ3v) is 5.42. The normalized spacial score (nSPS) is 21.5. The van der Waals surface area contributed by atoms with Gasteiger partial charge in [0.2, 0.25) is 10.0 Å². The number of carbonyl (C=O) groups is 1. The Morgan fingerprint density at radius 2 is 1.95 bits per heavy atom. The van der Waals surface area contributed by atoms with Crippen molar-refractivity contribution in [2.75, 3.05) is 6.54 Å². The Bertz CT molecular complexity index is 539. The highest BCUT2D eigenvalue weighted by molar-refractivity contribution is 7.89. The molecule has 0 amide bonds. The first-order valence-electron chi connectivity index (χ1n) is 6.64. The fourth-order valence-electron chi connectivity index (χ4n) is 2.51. The maximum atomic E-state index is 12.6. The molecule has 0 radical (unpaired) electrons. The molecule has 0 spiro atoms. The van der Waals surface area contributed by atoms with E-state index >= 15 is 0 Å². The van der Waals surface area contributed by atoms with Gasteiger partial charge in [0, 0.05) is 25.4 Å². The van der Waals surface area contributed by atoms with Crippen molar-refractivity contribution in [2.45, 2.75) is 43.5 Å². The van der Waals surface area contributed by atoms with Gasteiger partial charge in [-0.1, -0.05) is 31.5 Å². The minimum atomic E-state index is -3.48. The Kier molecular flexibility index (Phi) is 4.37. The molecular formula is C14H19NO3S. The zero-order chi connectivity index (χ0) is 13.9. The van der Waals surface area contributed by atoms with Gasteiger partial charge in [-0.05, 0) is 18.6 Å². The second-order valence-corrected chi connectivity index (χ2v) is 6.75. The van der Waals surface area contributed by atoms with Crippen LogP contribution in [0.3, 0.4) is 0 Å². The van der Waals surface area contributed by atoms with E-state index < -0.39 is 10.0 Å². The number of hydrogen-bond donors (Lipinski definition) is 0. The summed E-state index contributed by atoms with van der Waals surface area (Å²) in [6, 6.07) is 8.26. The second-order valence-electron chi connectivity index (χ2n) is 4.86. The van der Waals surface area contributed by atoms with Gasteiger partial charge in [0.25, 0.3) is 0 Å². The van der Waals surface area contributed by atoms with E-state index in [4.69, 9.17) is 0 Å². The minimum Gasteiger partial charge on any atom is -0.300 e. The summed E-state index contributed by atoms with van der Waals surface area (Å²) < 4.78 is 26.7. The van der Waals surface area contributed by atoms with Crippen LogP contribution >= 0.6 is 0 Å². The van der Waals surface area contributed by atoms with Crippen LogP contribution in [-0.4, -0.2) is 31.1 Å². The molecule has 0 bridgehead atoms. The smallest absolute Gasteiger partial charge is 0.243 e. The average molecular weight is 281 g/mol. The largest absolute Gasteiger partial charge is 0.300 e. The van der Waals surface area contributed by atoms with Gasteiger partial charge in [0.1, 0.15) is 5.78 Å². The fourth-order valence-corrected chi connectivity index (χ4v) is 4.18. The number of rotatable bonds is 4. The number of carbonyl (C=O) groups excluding carboxylic acids is 1. The first-order chi connectivity index (χ1) is 9.05. The molecule has 104 valence electrons. The molecule has 1 heterocycles. The van der Waals surface area contributed by atoms with Crippen molar-refractivity contribution in [2.24, 2.45) is 0 Å². The standard InChI is InChI=1S/C14H19NO3S/c1-2-6-12-11-13(16)9-10-15(12)19(17,18)14-7-4-3-5-8-14/h3-5,7-8,12H,2,6,9-11H2,1H3. The van der Waals surface area contributed by atoms with Gasteiger partial charge in [-0.2, -0.15) is 4.31 Å². The summed E-state index contributed by atoms with van der Waals surface area (Å²) in [5.74, 6) is 0.165. The predicted octanol–water partition coefficient (Wildman–Crippen LogP) is 2.21. The molecular weight excluding hydrogens is 262 g/mol. The van der Waals surface area contributed by atoms with Crippen LogP contribution < -0.4 is 0 Å². The predicted molar refractivity (Wildman–Crippen MR) is 73.3 cm³/mol. The summed E-state index contributed by atoms with van der Waals surface area (Å²) in [4.78, 5) is 11.8. The minimum absolute atomic E-state index is 0.165. The van der Waals surface area contributed by atoms with Gasteiger partial charge < -0.3 is 0 Å². The van der Waals surface area contributed by atoms with Gasteiger partial charge in [0.05, 0.1) is 4.90 Å². The lowest BCUT2D eigenvalue weighted by Crippen LogP contribution is -2.46. The third kappa shape index (κ3) is 3.04. The van der Waals surface area contributed by atoms with Crippen LogP contribution in [0.5, 0.6) is 0 Å². The highest BCUT2D eigenvalue weighted by atomic mass is 32.2. The van der Waals surface area contributed by atoms with Crippen molar-refractivity contribution in [3.05, 3.63) is 30.3 Å². The first-order valence-corrected chi connectivity index (χ1v) is 8.08. The number of piperidine rings is 1. The highest BCUT2D eigenvalue weighted by Gasteiger charge is 2.35. The molecule has 2 rings (SSSR count). The van der Waals surface area contributed by atoms with Gasteiger partial charge in [0.15, 0.2) is 0 Å². The monoisotopic (exact) mass is 281 g/mol. The van der Waals surface area contributed by atoms with Crippen molar-refractivity contribution in [3.63, 3.8) is 0 Å². The van der Waals surface area contributed by atoms with E-state index in [1.807, 2.05) is 6.92 Å². The summed E-state index contributed by atoms with van der Waals surface area (Å²) in [5.41, 5.74) is 0. The van der Waals surface area contributed by atoms with Gasteiger partial charge in [-0.3, -0.25) is 4.79 Å². The lowest BCUT2D eigenvalue weighted by atomic mass is 10.00. The van der Waals surface area contributed by atoms with Gasteiger partial charge in [-0.25, -0.2) is 8.42 Å². The molecule has 1 aromatic carbocycles. The molecule has 1 atom stereocenters. The van der Waals surface area contributed by atoms with E-state index in [2.05, 4.69) is 0 Å². The Balaban J connectivity index is 2.30. The van der Waals surface area contributed by atoms with Gasteiger partial charge in [-0.15, -0.1) is 0 Å². The van der Waals surface area contributed by atoms with Crippen LogP contribution in [0.4, 0.5) is 0 Å². The number of sulfonamides is 1. The second kappa shape index (κ2) is 5.84. The molecule has 1 aliphatic heterocycles. The average Bonchev–Trinajstić information content (AvgIpc) is 2.40. The number of benzene rings is 1. The number of hydrogen-bond acceptors (Lipinski definition) is 3. The van der Waals surface area contributed by atoms with E-state index in [1.165, 1.54) is 4.31 Å². The molecule has 19 heavy (non-hydrogen) atoms. The van der Waals surface area contributed by atoms with Crippen LogP contribution in [0, 0.1) is 0 Å². The first kappa shape index (κ1) is 14.2. The van der Waals surface area contributed by atoms with E-state index in [0.29, 0.717) is 24.3 Å².